The van der Waals surface area contributed by atoms with Crippen molar-refractivity contribution in [1.29, 1.82) is 0 Å². The molecule has 0 saturated heterocycles. The highest BCUT2D eigenvalue weighted by Crippen LogP contribution is 2.36. The fourth-order valence-corrected chi connectivity index (χ4v) is 5.22. The van der Waals surface area contributed by atoms with Crippen LogP contribution in [0.4, 0.5) is 0 Å². The van der Waals surface area contributed by atoms with Crippen molar-refractivity contribution in [2.24, 2.45) is 11.8 Å². The Balaban J connectivity index is 1.63. The Bertz CT molecular complexity index is 1400. The van der Waals surface area contributed by atoms with Crippen LogP contribution in [-0.4, -0.2) is 43.4 Å². The number of benzene rings is 2. The largest absolute Gasteiger partial charge is 0.507 e. The highest BCUT2D eigenvalue weighted by Gasteiger charge is 2.19. The van der Waals surface area contributed by atoms with E-state index in [9.17, 15) is 10.2 Å². The Kier molecular flexibility index (Phi) is 12.0. The smallest absolute Gasteiger partial charge is 0.180 e. The van der Waals surface area contributed by atoms with Crippen molar-refractivity contribution in [2.45, 2.75) is 86.0 Å². The molecule has 0 radical (unpaired) electrons. The third kappa shape index (κ3) is 8.52. The lowest BCUT2D eigenvalue weighted by atomic mass is 10.0. The summed E-state index contributed by atoms with van der Waals surface area (Å²) >= 11 is 0. The summed E-state index contributed by atoms with van der Waals surface area (Å²) in [6.45, 7) is 11.9. The normalized spacial score (nSPS) is 12.7. The lowest BCUT2D eigenvalue weighted by Crippen LogP contribution is -2.11. The van der Waals surface area contributed by atoms with Gasteiger partial charge in [-0.25, -0.2) is 15.0 Å². The summed E-state index contributed by atoms with van der Waals surface area (Å²) in [5, 5.41) is 22.1. The average molecular weight is 601 g/mol. The monoisotopic (exact) mass is 600 g/mol. The fraction of sp³-hybridized carbons (Fsp3) is 0.472. The quantitative estimate of drug-likeness (QED) is 0.111. The minimum atomic E-state index is 0.0111. The van der Waals surface area contributed by atoms with Gasteiger partial charge < -0.3 is 24.7 Å². The van der Waals surface area contributed by atoms with Crippen molar-refractivity contribution < 1.29 is 19.7 Å². The number of aromatic hydroxyl groups is 2. The Morgan fingerprint density at radius 1 is 0.682 bits per heavy atom. The Morgan fingerprint density at radius 3 is 1.55 bits per heavy atom. The van der Waals surface area contributed by atoms with Crippen molar-refractivity contribution in [3.8, 4) is 57.3 Å². The SMILES string of the molecule is CCCCC(CC)COc1ccc(-c2nc(-c3ccc(OCC(CC)CCCC)cc3O)nc(-c3[nH]ccc3C)n2)c(O)c1. The molecule has 0 aliphatic rings. The summed E-state index contributed by atoms with van der Waals surface area (Å²) in [5.41, 5.74) is 2.60. The minimum absolute atomic E-state index is 0.0111. The summed E-state index contributed by atoms with van der Waals surface area (Å²) in [6, 6.07) is 12.4. The maximum atomic E-state index is 11.1. The highest BCUT2D eigenvalue weighted by molar-refractivity contribution is 5.72. The van der Waals surface area contributed by atoms with Crippen molar-refractivity contribution in [3.05, 3.63) is 54.2 Å². The first kappa shape index (κ1) is 32.8. The number of hydrogen-bond acceptors (Lipinski definition) is 7. The van der Waals surface area contributed by atoms with Gasteiger partial charge in [0.1, 0.15) is 23.0 Å². The second kappa shape index (κ2) is 16.1. The van der Waals surface area contributed by atoms with Gasteiger partial charge in [-0.15, -0.1) is 0 Å². The molecule has 44 heavy (non-hydrogen) atoms. The molecule has 0 spiro atoms. The van der Waals surface area contributed by atoms with Gasteiger partial charge in [0, 0.05) is 18.3 Å². The van der Waals surface area contributed by atoms with Gasteiger partial charge in [0.25, 0.3) is 0 Å². The van der Waals surface area contributed by atoms with E-state index in [4.69, 9.17) is 24.4 Å². The molecule has 3 N–H and O–H groups in total. The van der Waals surface area contributed by atoms with E-state index in [-0.39, 0.29) is 11.5 Å². The molecule has 2 atom stereocenters. The zero-order valence-electron chi connectivity index (χ0n) is 26.9. The van der Waals surface area contributed by atoms with Gasteiger partial charge in [-0.05, 0) is 67.5 Å². The van der Waals surface area contributed by atoms with Crippen LogP contribution in [0.3, 0.4) is 0 Å². The van der Waals surface area contributed by atoms with Crippen molar-refractivity contribution in [1.82, 2.24) is 19.9 Å². The maximum Gasteiger partial charge on any atom is 0.180 e. The minimum Gasteiger partial charge on any atom is -0.507 e. The molecule has 4 rings (SSSR count). The van der Waals surface area contributed by atoms with Gasteiger partial charge in [0.15, 0.2) is 17.5 Å². The summed E-state index contributed by atoms with van der Waals surface area (Å²) < 4.78 is 12.1. The molecule has 2 heterocycles. The second-order valence-corrected chi connectivity index (χ2v) is 11.7. The summed E-state index contributed by atoms with van der Waals surface area (Å²) in [5.74, 6) is 3.18. The van der Waals surface area contributed by atoms with Gasteiger partial charge in [0.2, 0.25) is 0 Å². The molecular formula is C36H48N4O4. The van der Waals surface area contributed by atoms with E-state index >= 15 is 0 Å². The van der Waals surface area contributed by atoms with Crippen LogP contribution in [0.15, 0.2) is 48.7 Å². The van der Waals surface area contributed by atoms with E-state index in [2.05, 4.69) is 32.7 Å². The predicted octanol–water partition coefficient (Wildman–Crippen LogP) is 9.11. The van der Waals surface area contributed by atoms with Crippen LogP contribution in [0.5, 0.6) is 23.0 Å². The van der Waals surface area contributed by atoms with Crippen LogP contribution in [0.2, 0.25) is 0 Å². The van der Waals surface area contributed by atoms with Gasteiger partial charge in [-0.3, -0.25) is 0 Å². The van der Waals surface area contributed by atoms with Gasteiger partial charge in [-0.2, -0.15) is 0 Å². The first-order chi connectivity index (χ1) is 21.4. The Hall–Kier alpha value is -4.07. The Labute approximate surface area is 261 Å². The predicted molar refractivity (Wildman–Crippen MR) is 176 cm³/mol. The second-order valence-electron chi connectivity index (χ2n) is 11.7. The summed E-state index contributed by atoms with van der Waals surface area (Å²) in [7, 11) is 0. The fourth-order valence-electron chi connectivity index (χ4n) is 5.22. The molecule has 0 fully saturated rings. The lowest BCUT2D eigenvalue weighted by molar-refractivity contribution is 0.232. The maximum absolute atomic E-state index is 11.1. The van der Waals surface area contributed by atoms with Gasteiger partial charge >= 0.3 is 0 Å². The molecular weight excluding hydrogens is 552 g/mol. The number of unbranched alkanes of at least 4 members (excludes halogenated alkanes) is 2. The van der Waals surface area contributed by atoms with Crippen molar-refractivity contribution in [2.75, 3.05) is 13.2 Å². The van der Waals surface area contributed by atoms with Crippen molar-refractivity contribution >= 4 is 0 Å². The number of hydrogen-bond donors (Lipinski definition) is 3. The molecule has 0 aliphatic heterocycles. The molecule has 0 saturated carbocycles. The van der Waals surface area contributed by atoms with E-state index in [1.807, 2.05) is 31.3 Å². The van der Waals surface area contributed by atoms with Gasteiger partial charge in [0.05, 0.1) is 30.0 Å². The molecule has 236 valence electrons. The molecule has 0 aliphatic carbocycles. The number of aromatic amines is 1. The number of ether oxygens (including phenoxy) is 2. The van der Waals surface area contributed by atoms with E-state index in [0.717, 1.165) is 49.8 Å². The molecule has 8 nitrogen and oxygen atoms in total. The number of aryl methyl sites for hydroxylation is 1. The first-order valence-electron chi connectivity index (χ1n) is 16.2. The molecule has 4 aromatic rings. The average Bonchev–Trinajstić information content (AvgIpc) is 3.47. The van der Waals surface area contributed by atoms with Crippen LogP contribution >= 0.6 is 0 Å². The highest BCUT2D eigenvalue weighted by atomic mass is 16.5. The van der Waals surface area contributed by atoms with Crippen LogP contribution in [0.25, 0.3) is 34.3 Å². The lowest BCUT2D eigenvalue weighted by Gasteiger charge is -2.16. The number of aromatic nitrogens is 4. The molecule has 8 heteroatoms. The van der Waals surface area contributed by atoms with E-state index < -0.39 is 0 Å². The molecule has 0 amide bonds. The summed E-state index contributed by atoms with van der Waals surface area (Å²) in [4.78, 5) is 17.3. The Morgan fingerprint density at radius 2 is 1.16 bits per heavy atom. The van der Waals surface area contributed by atoms with Crippen LogP contribution in [0.1, 0.15) is 84.6 Å². The van der Waals surface area contributed by atoms with Crippen LogP contribution < -0.4 is 9.47 Å². The van der Waals surface area contributed by atoms with E-state index in [1.165, 1.54) is 12.8 Å². The number of H-pyrrole nitrogens is 1. The number of nitrogens with one attached hydrogen (secondary N) is 1. The third-order valence-electron chi connectivity index (χ3n) is 8.29. The third-order valence-corrected chi connectivity index (χ3v) is 8.29. The van der Waals surface area contributed by atoms with Crippen molar-refractivity contribution in [3.63, 3.8) is 0 Å². The zero-order chi connectivity index (χ0) is 31.5. The molecule has 2 aromatic heterocycles. The first-order valence-corrected chi connectivity index (χ1v) is 16.2. The van der Waals surface area contributed by atoms with E-state index in [1.54, 1.807) is 24.3 Å². The number of nitrogens with zero attached hydrogens (tertiary/aromatic N) is 3. The van der Waals surface area contributed by atoms with Crippen LogP contribution in [0, 0.1) is 18.8 Å². The molecule has 2 unspecified atom stereocenters. The van der Waals surface area contributed by atoms with Crippen LogP contribution in [-0.2, 0) is 0 Å². The molecule has 0 bridgehead atoms. The standard InChI is InChI=1S/C36H48N4O4/c1-6-10-12-25(8-3)22-43-27-14-16-29(31(41)20-27)34-38-35(40-36(39-34)33-24(5)18-19-37-33)30-17-15-28(21-32(30)42)44-23-26(9-4)13-11-7-2/h14-21,25-26,37,41-42H,6-13,22-23H2,1-5H3. The molecule has 2 aromatic carbocycles. The van der Waals surface area contributed by atoms with E-state index in [0.29, 0.717) is 65.1 Å². The summed E-state index contributed by atoms with van der Waals surface area (Å²) in [6.07, 6.45) is 10.9. The number of phenols is 2. The zero-order valence-corrected chi connectivity index (χ0v) is 26.9. The van der Waals surface area contributed by atoms with Gasteiger partial charge in [-0.1, -0.05) is 66.2 Å². The number of phenolic OH excluding ortho intramolecular Hbond substituents is 2. The topological polar surface area (TPSA) is 113 Å². The number of rotatable bonds is 17.